The molecule has 3 rings (SSSR count). The number of benzene rings is 1. The largest absolute Gasteiger partial charge is 0.493 e. The van der Waals surface area contributed by atoms with E-state index in [1.165, 1.54) is 24.0 Å². The van der Waals surface area contributed by atoms with Gasteiger partial charge in [0.2, 0.25) is 0 Å². The van der Waals surface area contributed by atoms with Crippen LogP contribution in [0, 0.1) is 0 Å². The van der Waals surface area contributed by atoms with E-state index in [0.717, 1.165) is 30.9 Å². The number of aromatic nitrogens is 1. The summed E-state index contributed by atoms with van der Waals surface area (Å²) in [6.45, 7) is 3.01. The van der Waals surface area contributed by atoms with Gasteiger partial charge in [-0.3, -0.25) is 0 Å². The van der Waals surface area contributed by atoms with Crippen LogP contribution in [0.1, 0.15) is 49.8 Å². The summed E-state index contributed by atoms with van der Waals surface area (Å²) in [5.74, 6) is 1.69. The van der Waals surface area contributed by atoms with Gasteiger partial charge in [-0.1, -0.05) is 6.07 Å². The van der Waals surface area contributed by atoms with Gasteiger partial charge in [-0.25, -0.2) is 0 Å². The molecule has 2 N–H and O–H groups in total. The van der Waals surface area contributed by atoms with Gasteiger partial charge < -0.3 is 19.8 Å². The summed E-state index contributed by atoms with van der Waals surface area (Å²) in [6.07, 6.45) is 9.15. The normalized spacial score (nSPS) is 16.4. The van der Waals surface area contributed by atoms with Crippen LogP contribution in [0.2, 0.25) is 0 Å². The van der Waals surface area contributed by atoms with E-state index in [4.69, 9.17) is 9.47 Å². The summed E-state index contributed by atoms with van der Waals surface area (Å²) in [7, 11) is 1.71. The minimum absolute atomic E-state index is 0.249. The molecule has 0 unspecified atom stereocenters. The molecule has 0 radical (unpaired) electrons. The molecule has 0 spiro atoms. The second kappa shape index (κ2) is 7.55. The quantitative estimate of drug-likeness (QED) is 0.805. The number of nitrogens with one attached hydrogen (secondary N) is 2. The summed E-state index contributed by atoms with van der Waals surface area (Å²) in [5, 5.41) is 3.53. The van der Waals surface area contributed by atoms with Crippen LogP contribution in [0.3, 0.4) is 0 Å². The monoisotopic (exact) mass is 314 g/mol. The summed E-state index contributed by atoms with van der Waals surface area (Å²) in [6, 6.07) is 8.58. The van der Waals surface area contributed by atoms with E-state index < -0.39 is 0 Å². The van der Waals surface area contributed by atoms with Crippen molar-refractivity contribution in [1.29, 1.82) is 0 Å². The molecule has 0 bridgehead atoms. The molecule has 2 aromatic rings. The Morgan fingerprint density at radius 1 is 1.22 bits per heavy atom. The van der Waals surface area contributed by atoms with E-state index >= 15 is 0 Å². The van der Waals surface area contributed by atoms with Gasteiger partial charge in [0.05, 0.1) is 13.2 Å². The predicted octanol–water partition coefficient (Wildman–Crippen LogP) is 4.20. The number of hydrogen-bond donors (Lipinski definition) is 2. The van der Waals surface area contributed by atoms with Crippen molar-refractivity contribution in [2.45, 2.75) is 51.3 Å². The van der Waals surface area contributed by atoms with Crippen LogP contribution in [0.25, 0.3) is 0 Å². The van der Waals surface area contributed by atoms with Gasteiger partial charge in [0.1, 0.15) is 0 Å². The molecule has 1 aliphatic carbocycles. The van der Waals surface area contributed by atoms with Crippen molar-refractivity contribution in [3.05, 3.63) is 47.8 Å². The van der Waals surface area contributed by atoms with Crippen molar-refractivity contribution in [2.75, 3.05) is 7.11 Å². The molecule has 4 heteroatoms. The van der Waals surface area contributed by atoms with Crippen LogP contribution >= 0.6 is 0 Å². The summed E-state index contributed by atoms with van der Waals surface area (Å²) < 4.78 is 11.6. The first-order valence-corrected chi connectivity index (χ1v) is 8.46. The number of rotatable bonds is 7. The van der Waals surface area contributed by atoms with E-state index in [2.05, 4.69) is 35.4 Å². The third kappa shape index (κ3) is 4.08. The van der Waals surface area contributed by atoms with Gasteiger partial charge >= 0.3 is 0 Å². The van der Waals surface area contributed by atoms with Gasteiger partial charge in [-0.05, 0) is 61.9 Å². The first-order valence-electron chi connectivity index (χ1n) is 8.46. The van der Waals surface area contributed by atoms with Crippen LogP contribution in [0.4, 0.5) is 0 Å². The first kappa shape index (κ1) is 15.9. The molecule has 1 aromatic carbocycles. The molecule has 1 saturated carbocycles. The highest BCUT2D eigenvalue weighted by molar-refractivity contribution is 5.44. The minimum Gasteiger partial charge on any atom is -0.493 e. The highest BCUT2D eigenvalue weighted by Gasteiger charge is 2.19. The lowest BCUT2D eigenvalue weighted by Crippen LogP contribution is -2.18. The Balaban J connectivity index is 1.64. The molecule has 0 aliphatic heterocycles. The Morgan fingerprint density at radius 2 is 2.04 bits per heavy atom. The van der Waals surface area contributed by atoms with Crippen molar-refractivity contribution >= 4 is 0 Å². The highest BCUT2D eigenvalue weighted by Crippen LogP contribution is 2.33. The zero-order chi connectivity index (χ0) is 16.1. The Morgan fingerprint density at radius 3 is 2.74 bits per heavy atom. The Hall–Kier alpha value is -1.94. The van der Waals surface area contributed by atoms with Crippen LogP contribution in [0.5, 0.6) is 11.5 Å². The van der Waals surface area contributed by atoms with Crippen LogP contribution < -0.4 is 14.8 Å². The lowest BCUT2D eigenvalue weighted by molar-refractivity contribution is 0.200. The van der Waals surface area contributed by atoms with E-state index in [1.807, 2.05) is 18.5 Å². The second-order valence-corrected chi connectivity index (χ2v) is 6.26. The number of hydrogen-bond acceptors (Lipinski definition) is 3. The molecule has 1 aliphatic rings. The van der Waals surface area contributed by atoms with Crippen molar-refractivity contribution in [1.82, 2.24) is 10.3 Å². The fraction of sp³-hybridized carbons (Fsp3) is 0.474. The van der Waals surface area contributed by atoms with Crippen LogP contribution in [-0.2, 0) is 6.54 Å². The van der Waals surface area contributed by atoms with Crippen LogP contribution in [0.15, 0.2) is 36.7 Å². The molecule has 1 fully saturated rings. The molecule has 4 nitrogen and oxygen atoms in total. The number of aromatic amines is 1. The fourth-order valence-electron chi connectivity index (χ4n) is 3.09. The Labute approximate surface area is 138 Å². The van der Waals surface area contributed by atoms with Crippen molar-refractivity contribution in [3.8, 4) is 11.5 Å². The fourth-order valence-corrected chi connectivity index (χ4v) is 3.09. The summed E-state index contributed by atoms with van der Waals surface area (Å²) >= 11 is 0. The maximum atomic E-state index is 6.10. The Bertz CT molecular complexity index is 604. The second-order valence-electron chi connectivity index (χ2n) is 6.26. The van der Waals surface area contributed by atoms with E-state index in [9.17, 15) is 0 Å². The van der Waals surface area contributed by atoms with E-state index in [0.29, 0.717) is 6.10 Å². The molecule has 1 atom stereocenters. The SMILES string of the molecule is COc1cc([C@H](C)NCc2cc[nH]c2)ccc1OC1CCCC1. The van der Waals surface area contributed by atoms with Gasteiger partial charge in [0.25, 0.3) is 0 Å². The van der Waals surface area contributed by atoms with Gasteiger partial charge in [0, 0.05) is 25.0 Å². The maximum Gasteiger partial charge on any atom is 0.161 e. The minimum atomic E-state index is 0.249. The topological polar surface area (TPSA) is 46.3 Å². The summed E-state index contributed by atoms with van der Waals surface area (Å²) in [4.78, 5) is 3.08. The zero-order valence-electron chi connectivity index (χ0n) is 14.0. The Kier molecular flexibility index (Phi) is 5.23. The third-order valence-electron chi connectivity index (χ3n) is 4.56. The van der Waals surface area contributed by atoms with Crippen molar-refractivity contribution in [2.24, 2.45) is 0 Å². The van der Waals surface area contributed by atoms with Crippen LogP contribution in [-0.4, -0.2) is 18.2 Å². The molecule has 1 aromatic heterocycles. The molecule has 0 amide bonds. The number of methoxy groups -OCH3 is 1. The number of H-pyrrole nitrogens is 1. The maximum absolute atomic E-state index is 6.10. The number of ether oxygens (including phenoxy) is 2. The molecule has 124 valence electrons. The predicted molar refractivity (Wildman–Crippen MR) is 91.9 cm³/mol. The van der Waals surface area contributed by atoms with Crippen molar-refractivity contribution < 1.29 is 9.47 Å². The molecule has 0 saturated heterocycles. The molecule has 23 heavy (non-hydrogen) atoms. The average molecular weight is 314 g/mol. The first-order chi connectivity index (χ1) is 11.3. The molecule has 1 heterocycles. The lowest BCUT2D eigenvalue weighted by Gasteiger charge is -2.19. The summed E-state index contributed by atoms with van der Waals surface area (Å²) in [5.41, 5.74) is 2.46. The third-order valence-corrected chi connectivity index (χ3v) is 4.56. The van der Waals surface area contributed by atoms with Crippen molar-refractivity contribution in [3.63, 3.8) is 0 Å². The molecular formula is C19H26N2O2. The van der Waals surface area contributed by atoms with Gasteiger partial charge in [0.15, 0.2) is 11.5 Å². The van der Waals surface area contributed by atoms with Gasteiger partial charge in [-0.2, -0.15) is 0 Å². The molecular weight excluding hydrogens is 288 g/mol. The average Bonchev–Trinajstić information content (AvgIpc) is 3.26. The standard InChI is InChI=1S/C19H26N2O2/c1-14(21-13-15-9-10-20-12-15)16-7-8-18(19(11-16)22-2)23-17-5-3-4-6-17/h7-12,14,17,20-21H,3-6,13H2,1-2H3/t14-/m0/s1. The van der Waals surface area contributed by atoms with E-state index in [-0.39, 0.29) is 6.04 Å². The highest BCUT2D eigenvalue weighted by atomic mass is 16.5. The lowest BCUT2D eigenvalue weighted by atomic mass is 10.1. The van der Waals surface area contributed by atoms with E-state index in [1.54, 1.807) is 7.11 Å². The smallest absolute Gasteiger partial charge is 0.161 e. The van der Waals surface area contributed by atoms with Gasteiger partial charge in [-0.15, -0.1) is 0 Å². The zero-order valence-corrected chi connectivity index (χ0v) is 14.0.